The molecule has 0 atom stereocenters. The van der Waals surface area contributed by atoms with Crippen molar-refractivity contribution < 1.29 is 9.18 Å². The quantitative estimate of drug-likeness (QED) is 0.684. The average molecular weight is 257 g/mol. The number of primary amides is 1. The Morgan fingerprint density at radius 2 is 2.05 bits per heavy atom. The number of hydrogen-bond acceptors (Lipinski definition) is 3. The molecule has 0 unspecified atom stereocenters. The lowest BCUT2D eigenvalue weighted by Gasteiger charge is -2.10. The van der Waals surface area contributed by atoms with Crippen LogP contribution in [-0.2, 0) is 0 Å². The molecule has 1 amide bonds. The number of amides is 1. The van der Waals surface area contributed by atoms with Crippen molar-refractivity contribution in [2.24, 2.45) is 5.73 Å². The first kappa shape index (κ1) is 12.9. The van der Waals surface area contributed by atoms with Crippen LogP contribution in [0.25, 0.3) is 0 Å². The molecule has 0 spiro atoms. The third-order valence-electron chi connectivity index (χ3n) is 2.44. The van der Waals surface area contributed by atoms with Crippen LogP contribution in [-0.4, -0.2) is 18.7 Å². The average Bonchev–Trinajstić information content (AvgIpc) is 2.32. The highest BCUT2D eigenvalue weighted by molar-refractivity contribution is 6.32. The number of hydrogen-bond donors (Lipinski definition) is 3. The highest BCUT2D eigenvalue weighted by Crippen LogP contribution is 2.19. The first-order valence-electron chi connectivity index (χ1n) is 5.32. The van der Waals surface area contributed by atoms with E-state index in [-0.39, 0.29) is 22.5 Å². The predicted molar refractivity (Wildman–Crippen MR) is 70.7 cm³/mol. The molecular formula is C12H9BFN3O2. The standard InChI is InChI=1S/C12H9BFN3O2/c13-6-1-3-9(8(14)5-6)16-12-7(11(15)19)2-4-10(18)17-12/h1-5H,(H2,15,19)(H2,16,17,18). The van der Waals surface area contributed by atoms with Crippen LogP contribution in [0.15, 0.2) is 35.1 Å². The highest BCUT2D eigenvalue weighted by Gasteiger charge is 2.11. The second-order valence-electron chi connectivity index (χ2n) is 3.84. The van der Waals surface area contributed by atoms with E-state index in [2.05, 4.69) is 10.3 Å². The molecule has 19 heavy (non-hydrogen) atoms. The van der Waals surface area contributed by atoms with Gasteiger partial charge in [0.1, 0.15) is 19.5 Å². The van der Waals surface area contributed by atoms with Crippen molar-refractivity contribution >= 4 is 30.7 Å². The van der Waals surface area contributed by atoms with Gasteiger partial charge in [-0.05, 0) is 18.2 Å². The van der Waals surface area contributed by atoms with Crippen LogP contribution < -0.4 is 22.1 Å². The number of carbonyl (C=O) groups excluding carboxylic acids is 1. The largest absolute Gasteiger partial charge is 0.365 e. The zero-order valence-electron chi connectivity index (χ0n) is 9.74. The number of nitrogens with two attached hydrogens (primary N) is 1. The lowest BCUT2D eigenvalue weighted by atomic mass is 9.96. The number of anilines is 2. The number of carbonyl (C=O) groups is 1. The monoisotopic (exact) mass is 257 g/mol. The summed E-state index contributed by atoms with van der Waals surface area (Å²) in [6, 6.07) is 6.41. The zero-order valence-corrected chi connectivity index (χ0v) is 9.74. The Labute approximate surface area is 109 Å². The lowest BCUT2D eigenvalue weighted by molar-refractivity contribution is 0.100. The molecule has 2 rings (SSSR count). The summed E-state index contributed by atoms with van der Waals surface area (Å²) < 4.78 is 13.6. The molecule has 0 fully saturated rings. The molecule has 0 aliphatic rings. The van der Waals surface area contributed by atoms with Crippen LogP contribution in [0.4, 0.5) is 15.9 Å². The number of aromatic nitrogens is 1. The van der Waals surface area contributed by atoms with Gasteiger partial charge in [0.2, 0.25) is 5.56 Å². The Morgan fingerprint density at radius 3 is 2.68 bits per heavy atom. The second kappa shape index (κ2) is 4.97. The molecule has 2 aromatic rings. The van der Waals surface area contributed by atoms with E-state index in [4.69, 9.17) is 13.6 Å². The van der Waals surface area contributed by atoms with Gasteiger partial charge < -0.3 is 16.0 Å². The minimum atomic E-state index is -0.741. The predicted octanol–water partition coefficient (Wildman–Crippen LogP) is 0.150. The molecule has 0 aliphatic carbocycles. The molecule has 94 valence electrons. The number of pyridine rings is 1. The molecule has 0 saturated carbocycles. The molecule has 7 heteroatoms. The van der Waals surface area contributed by atoms with Gasteiger partial charge in [0, 0.05) is 6.07 Å². The maximum Gasteiger partial charge on any atom is 0.252 e. The summed E-state index contributed by atoms with van der Waals surface area (Å²) in [7, 11) is 5.42. The van der Waals surface area contributed by atoms with Crippen molar-refractivity contribution in [3.63, 3.8) is 0 Å². The topological polar surface area (TPSA) is 88.0 Å². The van der Waals surface area contributed by atoms with Crippen molar-refractivity contribution in [1.82, 2.24) is 4.98 Å². The summed E-state index contributed by atoms with van der Waals surface area (Å²) in [5, 5.41) is 2.60. The van der Waals surface area contributed by atoms with Crippen molar-refractivity contribution in [3.8, 4) is 0 Å². The molecule has 2 radical (unpaired) electrons. The van der Waals surface area contributed by atoms with E-state index in [1.54, 1.807) is 0 Å². The number of H-pyrrole nitrogens is 1. The Kier molecular flexibility index (Phi) is 3.37. The van der Waals surface area contributed by atoms with Gasteiger partial charge in [-0.15, -0.1) is 0 Å². The molecule has 0 bridgehead atoms. The molecule has 0 aliphatic heterocycles. The van der Waals surface area contributed by atoms with Crippen LogP contribution in [0, 0.1) is 5.82 Å². The third kappa shape index (κ3) is 2.82. The van der Waals surface area contributed by atoms with Crippen molar-refractivity contribution in [2.75, 3.05) is 5.32 Å². The molecule has 1 heterocycles. The summed E-state index contributed by atoms with van der Waals surface area (Å²) in [6.07, 6.45) is 0. The number of rotatable bonds is 3. The summed E-state index contributed by atoms with van der Waals surface area (Å²) in [6.45, 7) is 0. The third-order valence-corrected chi connectivity index (χ3v) is 2.44. The molecule has 0 saturated heterocycles. The normalized spacial score (nSPS) is 10.2. The van der Waals surface area contributed by atoms with E-state index in [1.807, 2.05) is 0 Å². The lowest BCUT2D eigenvalue weighted by Crippen LogP contribution is -2.18. The van der Waals surface area contributed by atoms with Crippen LogP contribution >= 0.6 is 0 Å². The van der Waals surface area contributed by atoms with Crippen LogP contribution in [0.5, 0.6) is 0 Å². The van der Waals surface area contributed by atoms with Crippen LogP contribution in [0.3, 0.4) is 0 Å². The fourth-order valence-corrected chi connectivity index (χ4v) is 1.55. The fraction of sp³-hybridized carbons (Fsp3) is 0. The fourth-order valence-electron chi connectivity index (χ4n) is 1.55. The van der Waals surface area contributed by atoms with Gasteiger partial charge in [-0.3, -0.25) is 9.59 Å². The number of aromatic amines is 1. The Morgan fingerprint density at radius 1 is 1.32 bits per heavy atom. The number of benzene rings is 1. The van der Waals surface area contributed by atoms with Crippen LogP contribution in [0.1, 0.15) is 10.4 Å². The van der Waals surface area contributed by atoms with Crippen molar-refractivity contribution in [1.29, 1.82) is 0 Å². The number of nitrogens with one attached hydrogen (secondary N) is 2. The van der Waals surface area contributed by atoms with Gasteiger partial charge in [0.15, 0.2) is 0 Å². The van der Waals surface area contributed by atoms with Gasteiger partial charge >= 0.3 is 0 Å². The first-order chi connectivity index (χ1) is 8.97. The maximum absolute atomic E-state index is 13.6. The van der Waals surface area contributed by atoms with E-state index >= 15 is 0 Å². The minimum Gasteiger partial charge on any atom is -0.365 e. The van der Waals surface area contributed by atoms with E-state index in [0.29, 0.717) is 0 Å². The Hall–Kier alpha value is -2.57. The van der Waals surface area contributed by atoms with Gasteiger partial charge in [0.25, 0.3) is 5.91 Å². The van der Waals surface area contributed by atoms with Crippen LogP contribution in [0.2, 0.25) is 0 Å². The van der Waals surface area contributed by atoms with Gasteiger partial charge in [0.05, 0.1) is 11.3 Å². The summed E-state index contributed by atoms with van der Waals surface area (Å²) >= 11 is 0. The van der Waals surface area contributed by atoms with E-state index < -0.39 is 17.3 Å². The second-order valence-corrected chi connectivity index (χ2v) is 3.84. The maximum atomic E-state index is 13.6. The summed E-state index contributed by atoms with van der Waals surface area (Å²) in [5.74, 6) is -1.32. The molecule has 4 N–H and O–H groups in total. The smallest absolute Gasteiger partial charge is 0.252 e. The molecular weight excluding hydrogens is 248 g/mol. The molecule has 1 aromatic heterocycles. The van der Waals surface area contributed by atoms with Gasteiger partial charge in [-0.1, -0.05) is 11.5 Å². The Balaban J connectivity index is 2.45. The zero-order chi connectivity index (χ0) is 14.0. The van der Waals surface area contributed by atoms with Gasteiger partial charge in [-0.2, -0.15) is 0 Å². The Bertz CT molecular complexity index is 700. The first-order valence-corrected chi connectivity index (χ1v) is 5.32. The van der Waals surface area contributed by atoms with Crippen molar-refractivity contribution in [2.45, 2.75) is 0 Å². The highest BCUT2D eigenvalue weighted by atomic mass is 19.1. The summed E-state index contributed by atoms with van der Waals surface area (Å²) in [4.78, 5) is 24.8. The minimum absolute atomic E-state index is 0.0312. The molecule has 5 nitrogen and oxygen atoms in total. The SMILES string of the molecule is [B]c1ccc(Nc2[nH]c(=O)ccc2C(N)=O)c(F)c1. The van der Waals surface area contributed by atoms with E-state index in [0.717, 1.165) is 12.1 Å². The van der Waals surface area contributed by atoms with E-state index in [1.165, 1.54) is 18.2 Å². The van der Waals surface area contributed by atoms with E-state index in [9.17, 15) is 14.0 Å². The molecule has 1 aromatic carbocycles. The van der Waals surface area contributed by atoms with Gasteiger partial charge in [-0.25, -0.2) is 4.39 Å². The van der Waals surface area contributed by atoms with Crippen molar-refractivity contribution in [3.05, 3.63) is 52.1 Å². The number of halogens is 1. The summed E-state index contributed by atoms with van der Waals surface area (Å²) in [5.41, 5.74) is 5.11.